The summed E-state index contributed by atoms with van der Waals surface area (Å²) in [6, 6.07) is 9.81. The summed E-state index contributed by atoms with van der Waals surface area (Å²) in [6.45, 7) is 1.64. The molecule has 1 aromatic carbocycles. The Balaban J connectivity index is 1.99. The molecule has 0 saturated heterocycles. The molecule has 0 bridgehead atoms. The van der Waals surface area contributed by atoms with E-state index >= 15 is 0 Å². The van der Waals surface area contributed by atoms with Crippen LogP contribution in [0.3, 0.4) is 0 Å². The van der Waals surface area contributed by atoms with Crippen molar-refractivity contribution in [3.8, 4) is 0 Å². The molecule has 0 aliphatic rings. The summed E-state index contributed by atoms with van der Waals surface area (Å²) in [5.41, 5.74) is 0.978. The minimum absolute atomic E-state index is 0.00122. The third-order valence-corrected chi connectivity index (χ3v) is 4.65. The lowest BCUT2D eigenvalue weighted by atomic mass is 10.2. The maximum atomic E-state index is 12.1. The van der Waals surface area contributed by atoms with E-state index in [0.717, 1.165) is 10.6 Å². The highest BCUT2D eigenvalue weighted by Gasteiger charge is 2.18. The molecule has 0 radical (unpaired) electrons. The van der Waals surface area contributed by atoms with E-state index in [-0.39, 0.29) is 31.3 Å². The molecule has 140 valence electrons. The lowest BCUT2D eigenvalue weighted by Gasteiger charge is -2.22. The second-order valence-corrected chi connectivity index (χ2v) is 7.58. The number of carbonyl (C=O) groups is 2. The van der Waals surface area contributed by atoms with Crippen LogP contribution in [-0.4, -0.2) is 33.0 Å². The van der Waals surface area contributed by atoms with Gasteiger partial charge in [-0.05, 0) is 36.4 Å². The number of amides is 2. The molecule has 8 nitrogen and oxygen atoms in total. The minimum atomic E-state index is -3.56. The molecular formula is C17H21N3O5S. The molecule has 0 aliphatic heterocycles. The molecule has 2 amide bonds. The van der Waals surface area contributed by atoms with Crippen LogP contribution in [0.25, 0.3) is 0 Å². The molecule has 0 fully saturated rings. The maximum Gasteiger partial charge on any atom is 0.232 e. The average molecular weight is 379 g/mol. The highest BCUT2D eigenvalue weighted by molar-refractivity contribution is 7.92. The SMILES string of the molecule is CC(=O)Nc1ccc(N(CCC(=O)NCc2ccco2)S(C)(=O)=O)cc1. The Bertz CT molecular complexity index is 845. The van der Waals surface area contributed by atoms with Gasteiger partial charge in [-0.15, -0.1) is 0 Å². The Morgan fingerprint density at radius 2 is 1.85 bits per heavy atom. The molecular weight excluding hydrogens is 358 g/mol. The lowest BCUT2D eigenvalue weighted by Crippen LogP contribution is -2.34. The summed E-state index contributed by atoms with van der Waals surface area (Å²) in [4.78, 5) is 23.0. The topological polar surface area (TPSA) is 109 Å². The van der Waals surface area contributed by atoms with Gasteiger partial charge in [-0.3, -0.25) is 13.9 Å². The monoisotopic (exact) mass is 379 g/mol. The molecule has 0 spiro atoms. The number of furan rings is 1. The van der Waals surface area contributed by atoms with Crippen molar-refractivity contribution in [3.63, 3.8) is 0 Å². The van der Waals surface area contributed by atoms with E-state index in [9.17, 15) is 18.0 Å². The van der Waals surface area contributed by atoms with Crippen molar-refractivity contribution in [1.82, 2.24) is 5.32 Å². The maximum absolute atomic E-state index is 12.1. The Labute approximate surface area is 152 Å². The minimum Gasteiger partial charge on any atom is -0.467 e. The Morgan fingerprint density at radius 1 is 1.15 bits per heavy atom. The predicted octanol–water partition coefficient (Wildman–Crippen LogP) is 1.71. The first kappa shape index (κ1) is 19.5. The first-order chi connectivity index (χ1) is 12.3. The van der Waals surface area contributed by atoms with E-state index in [1.165, 1.54) is 13.2 Å². The zero-order valence-corrected chi connectivity index (χ0v) is 15.4. The summed E-state index contributed by atoms with van der Waals surface area (Å²) in [7, 11) is -3.56. The van der Waals surface area contributed by atoms with Crippen molar-refractivity contribution in [2.24, 2.45) is 0 Å². The van der Waals surface area contributed by atoms with Crippen LogP contribution in [-0.2, 0) is 26.2 Å². The van der Waals surface area contributed by atoms with Crippen LogP contribution in [0, 0.1) is 0 Å². The quantitative estimate of drug-likeness (QED) is 0.726. The lowest BCUT2D eigenvalue weighted by molar-refractivity contribution is -0.121. The van der Waals surface area contributed by atoms with Crippen LogP contribution < -0.4 is 14.9 Å². The fourth-order valence-electron chi connectivity index (χ4n) is 2.29. The number of anilines is 2. The number of hydrogen-bond acceptors (Lipinski definition) is 5. The third kappa shape index (κ3) is 5.92. The van der Waals surface area contributed by atoms with Gasteiger partial charge in [0.15, 0.2) is 0 Å². The van der Waals surface area contributed by atoms with Crippen LogP contribution >= 0.6 is 0 Å². The number of hydrogen-bond donors (Lipinski definition) is 2. The van der Waals surface area contributed by atoms with Crippen molar-refractivity contribution in [1.29, 1.82) is 0 Å². The summed E-state index contributed by atoms with van der Waals surface area (Å²) in [5, 5.41) is 5.28. The van der Waals surface area contributed by atoms with Crippen molar-refractivity contribution in [2.45, 2.75) is 19.9 Å². The normalized spacial score (nSPS) is 11.0. The largest absolute Gasteiger partial charge is 0.467 e. The second-order valence-electron chi connectivity index (χ2n) is 5.67. The Kier molecular flexibility index (Phi) is 6.40. The van der Waals surface area contributed by atoms with E-state index < -0.39 is 10.0 Å². The number of benzene rings is 1. The third-order valence-electron chi connectivity index (χ3n) is 3.46. The van der Waals surface area contributed by atoms with Gasteiger partial charge >= 0.3 is 0 Å². The molecule has 0 aliphatic carbocycles. The van der Waals surface area contributed by atoms with Crippen LogP contribution in [0.2, 0.25) is 0 Å². The van der Waals surface area contributed by atoms with E-state index in [1.54, 1.807) is 36.4 Å². The molecule has 0 unspecified atom stereocenters. The van der Waals surface area contributed by atoms with Gasteiger partial charge in [-0.25, -0.2) is 8.42 Å². The van der Waals surface area contributed by atoms with Crippen LogP contribution in [0.5, 0.6) is 0 Å². The van der Waals surface area contributed by atoms with Gasteiger partial charge in [-0.1, -0.05) is 0 Å². The summed E-state index contributed by atoms with van der Waals surface area (Å²) in [6.07, 6.45) is 2.59. The molecule has 9 heteroatoms. The Morgan fingerprint density at radius 3 is 2.38 bits per heavy atom. The summed E-state index contributed by atoms with van der Waals surface area (Å²) < 4.78 is 30.4. The Hall–Kier alpha value is -2.81. The van der Waals surface area contributed by atoms with Crippen LogP contribution in [0.15, 0.2) is 47.1 Å². The number of rotatable bonds is 8. The van der Waals surface area contributed by atoms with E-state index in [4.69, 9.17) is 4.42 Å². The van der Waals surface area contributed by atoms with Gasteiger partial charge < -0.3 is 15.1 Å². The fourth-order valence-corrected chi connectivity index (χ4v) is 3.22. The molecule has 1 heterocycles. The molecule has 0 atom stereocenters. The summed E-state index contributed by atoms with van der Waals surface area (Å²) >= 11 is 0. The van der Waals surface area contributed by atoms with Gasteiger partial charge in [0.25, 0.3) is 0 Å². The molecule has 2 N–H and O–H groups in total. The highest BCUT2D eigenvalue weighted by atomic mass is 32.2. The van der Waals surface area contributed by atoms with E-state index in [2.05, 4.69) is 10.6 Å². The first-order valence-electron chi connectivity index (χ1n) is 7.90. The number of sulfonamides is 1. The molecule has 1 aromatic heterocycles. The van der Waals surface area contributed by atoms with Crippen molar-refractivity contribution >= 4 is 33.2 Å². The van der Waals surface area contributed by atoms with Crippen molar-refractivity contribution in [3.05, 3.63) is 48.4 Å². The summed E-state index contributed by atoms with van der Waals surface area (Å²) in [5.74, 6) is 0.114. The number of carbonyl (C=O) groups excluding carboxylic acids is 2. The molecule has 0 saturated carbocycles. The standard InChI is InChI=1S/C17H21N3O5S/c1-13(21)19-14-5-7-15(8-6-14)20(26(2,23)24)10-9-17(22)18-12-16-4-3-11-25-16/h3-8,11H,9-10,12H2,1-2H3,(H,18,22)(H,19,21). The molecule has 2 aromatic rings. The average Bonchev–Trinajstić information content (AvgIpc) is 3.06. The second kappa shape index (κ2) is 8.52. The van der Waals surface area contributed by atoms with Crippen LogP contribution in [0.1, 0.15) is 19.1 Å². The van der Waals surface area contributed by atoms with E-state index in [1.807, 2.05) is 0 Å². The predicted molar refractivity (Wildman–Crippen MR) is 98.1 cm³/mol. The van der Waals surface area contributed by atoms with Crippen LogP contribution in [0.4, 0.5) is 11.4 Å². The zero-order valence-electron chi connectivity index (χ0n) is 14.6. The van der Waals surface area contributed by atoms with E-state index in [0.29, 0.717) is 17.1 Å². The molecule has 2 rings (SSSR count). The van der Waals surface area contributed by atoms with Crippen molar-refractivity contribution < 1.29 is 22.4 Å². The van der Waals surface area contributed by atoms with Crippen molar-refractivity contribution in [2.75, 3.05) is 22.4 Å². The number of nitrogens with one attached hydrogen (secondary N) is 2. The van der Waals surface area contributed by atoms with Gasteiger partial charge in [0, 0.05) is 25.6 Å². The van der Waals surface area contributed by atoms with Gasteiger partial charge in [-0.2, -0.15) is 0 Å². The van der Waals surface area contributed by atoms with Gasteiger partial charge in [0.2, 0.25) is 21.8 Å². The highest BCUT2D eigenvalue weighted by Crippen LogP contribution is 2.20. The molecule has 26 heavy (non-hydrogen) atoms. The van der Waals surface area contributed by atoms with Gasteiger partial charge in [0.05, 0.1) is 24.8 Å². The smallest absolute Gasteiger partial charge is 0.232 e. The number of nitrogens with zero attached hydrogens (tertiary/aromatic N) is 1. The fraction of sp³-hybridized carbons (Fsp3) is 0.294. The van der Waals surface area contributed by atoms with Gasteiger partial charge in [0.1, 0.15) is 5.76 Å². The zero-order chi connectivity index (χ0) is 19.2. The first-order valence-corrected chi connectivity index (χ1v) is 9.75.